The van der Waals surface area contributed by atoms with E-state index in [-0.39, 0.29) is 5.69 Å². The molecule has 0 saturated carbocycles. The van der Waals surface area contributed by atoms with Crippen LogP contribution in [-0.2, 0) is 6.54 Å². The van der Waals surface area contributed by atoms with E-state index < -0.39 is 5.97 Å². The van der Waals surface area contributed by atoms with E-state index in [1.165, 1.54) is 12.5 Å². The number of carboxylic acid groups (broad SMARTS) is 1. The van der Waals surface area contributed by atoms with Crippen LogP contribution in [0, 0.1) is 0 Å². The third-order valence-electron chi connectivity index (χ3n) is 2.20. The largest absolute Gasteiger partial charge is 0.477 e. The Morgan fingerprint density at radius 3 is 2.69 bits per heavy atom. The Kier molecular flexibility index (Phi) is 2.92. The molecular formula is C11H9ClN2O2. The van der Waals surface area contributed by atoms with Crippen molar-refractivity contribution < 1.29 is 9.90 Å². The Bertz CT molecular complexity index is 505. The number of imidazole rings is 1. The van der Waals surface area contributed by atoms with Gasteiger partial charge in [-0.3, -0.25) is 0 Å². The number of carboxylic acids is 1. The van der Waals surface area contributed by atoms with E-state index in [0.717, 1.165) is 5.56 Å². The van der Waals surface area contributed by atoms with Crippen LogP contribution < -0.4 is 0 Å². The maximum Gasteiger partial charge on any atom is 0.354 e. The van der Waals surface area contributed by atoms with Crippen LogP contribution in [0.3, 0.4) is 0 Å². The first-order chi connectivity index (χ1) is 7.66. The van der Waals surface area contributed by atoms with Crippen molar-refractivity contribution in [3.05, 3.63) is 53.1 Å². The molecular weight excluding hydrogens is 228 g/mol. The van der Waals surface area contributed by atoms with E-state index in [4.69, 9.17) is 16.7 Å². The van der Waals surface area contributed by atoms with Crippen molar-refractivity contribution >= 4 is 17.6 Å². The van der Waals surface area contributed by atoms with Crippen LogP contribution in [0.4, 0.5) is 0 Å². The maximum atomic E-state index is 10.8. The van der Waals surface area contributed by atoms with Gasteiger partial charge in [0.2, 0.25) is 0 Å². The standard InChI is InChI=1S/C11H9ClN2O2/c12-9-3-1-8(2-4-9)6-14-7-13-5-10(14)11(15)16/h1-5,7H,6H2,(H,15,16). The van der Waals surface area contributed by atoms with Gasteiger partial charge in [0.25, 0.3) is 0 Å². The summed E-state index contributed by atoms with van der Waals surface area (Å²) in [6, 6.07) is 7.25. The highest BCUT2D eigenvalue weighted by molar-refractivity contribution is 6.30. The van der Waals surface area contributed by atoms with Crippen LogP contribution in [0.5, 0.6) is 0 Å². The monoisotopic (exact) mass is 236 g/mol. The van der Waals surface area contributed by atoms with Gasteiger partial charge in [-0.1, -0.05) is 23.7 Å². The van der Waals surface area contributed by atoms with Gasteiger partial charge in [0.15, 0.2) is 0 Å². The van der Waals surface area contributed by atoms with Crippen molar-refractivity contribution in [3.63, 3.8) is 0 Å². The van der Waals surface area contributed by atoms with Crippen LogP contribution in [0.25, 0.3) is 0 Å². The molecule has 0 aliphatic heterocycles. The molecule has 82 valence electrons. The second-order valence-corrected chi connectivity index (χ2v) is 3.77. The quantitative estimate of drug-likeness (QED) is 0.890. The number of nitrogens with zero attached hydrogens (tertiary/aromatic N) is 2. The van der Waals surface area contributed by atoms with Crippen LogP contribution in [0.2, 0.25) is 5.02 Å². The molecule has 0 aliphatic carbocycles. The second-order valence-electron chi connectivity index (χ2n) is 3.34. The van der Waals surface area contributed by atoms with E-state index >= 15 is 0 Å². The first kappa shape index (κ1) is 10.7. The van der Waals surface area contributed by atoms with E-state index in [1.54, 1.807) is 16.7 Å². The first-order valence-corrected chi connectivity index (χ1v) is 5.02. The molecule has 16 heavy (non-hydrogen) atoms. The number of benzene rings is 1. The Hall–Kier alpha value is -1.81. The highest BCUT2D eigenvalue weighted by Crippen LogP contribution is 2.11. The lowest BCUT2D eigenvalue weighted by atomic mass is 10.2. The Balaban J connectivity index is 2.23. The predicted molar refractivity (Wildman–Crippen MR) is 59.7 cm³/mol. The van der Waals surface area contributed by atoms with Gasteiger partial charge in [-0.2, -0.15) is 0 Å². The molecule has 0 unspecified atom stereocenters. The molecule has 1 aromatic heterocycles. The molecule has 1 heterocycles. The molecule has 0 radical (unpaired) electrons. The van der Waals surface area contributed by atoms with Crippen molar-refractivity contribution in [1.82, 2.24) is 9.55 Å². The summed E-state index contributed by atoms with van der Waals surface area (Å²) in [5.74, 6) is -0.980. The molecule has 0 amide bonds. The summed E-state index contributed by atoms with van der Waals surface area (Å²) in [5, 5.41) is 9.55. The Morgan fingerprint density at radius 1 is 1.38 bits per heavy atom. The van der Waals surface area contributed by atoms with Crippen LogP contribution in [-0.4, -0.2) is 20.6 Å². The average molecular weight is 237 g/mol. The van der Waals surface area contributed by atoms with Crippen molar-refractivity contribution in [2.75, 3.05) is 0 Å². The number of hydrogen-bond donors (Lipinski definition) is 1. The Labute approximate surface area is 97.1 Å². The van der Waals surface area contributed by atoms with Gasteiger partial charge in [0, 0.05) is 11.6 Å². The summed E-state index contributed by atoms with van der Waals surface area (Å²) in [6.45, 7) is 0.471. The van der Waals surface area contributed by atoms with Crippen LogP contribution in [0.1, 0.15) is 16.1 Å². The zero-order valence-electron chi connectivity index (χ0n) is 8.30. The molecule has 4 nitrogen and oxygen atoms in total. The van der Waals surface area contributed by atoms with Crippen molar-refractivity contribution in [2.24, 2.45) is 0 Å². The number of aromatic carboxylic acids is 1. The van der Waals surface area contributed by atoms with Gasteiger partial charge in [0.1, 0.15) is 5.69 Å². The molecule has 0 atom stereocenters. The van der Waals surface area contributed by atoms with Gasteiger partial charge in [-0.25, -0.2) is 9.78 Å². The van der Waals surface area contributed by atoms with Gasteiger partial charge in [-0.05, 0) is 17.7 Å². The summed E-state index contributed by atoms with van der Waals surface area (Å²) in [4.78, 5) is 14.7. The second kappa shape index (κ2) is 4.37. The number of halogens is 1. The van der Waals surface area contributed by atoms with Gasteiger partial charge >= 0.3 is 5.97 Å². The third-order valence-corrected chi connectivity index (χ3v) is 2.45. The molecule has 2 aromatic rings. The summed E-state index contributed by atoms with van der Waals surface area (Å²) in [5.41, 5.74) is 1.15. The minimum atomic E-state index is -0.980. The minimum Gasteiger partial charge on any atom is -0.477 e. The SMILES string of the molecule is O=C(O)c1cncn1Cc1ccc(Cl)cc1. The maximum absolute atomic E-state index is 10.8. The number of rotatable bonds is 3. The summed E-state index contributed by atoms with van der Waals surface area (Å²) in [6.07, 6.45) is 2.83. The fourth-order valence-corrected chi connectivity index (χ4v) is 1.54. The predicted octanol–water partition coefficient (Wildman–Crippen LogP) is 2.28. The van der Waals surface area contributed by atoms with Gasteiger partial charge in [-0.15, -0.1) is 0 Å². The molecule has 1 aromatic carbocycles. The summed E-state index contributed by atoms with van der Waals surface area (Å²) in [7, 11) is 0. The fourth-order valence-electron chi connectivity index (χ4n) is 1.41. The highest BCUT2D eigenvalue weighted by atomic mass is 35.5. The number of carbonyl (C=O) groups is 1. The minimum absolute atomic E-state index is 0.176. The lowest BCUT2D eigenvalue weighted by molar-refractivity contribution is 0.0685. The van der Waals surface area contributed by atoms with Gasteiger partial charge < -0.3 is 9.67 Å². The molecule has 0 aliphatic rings. The van der Waals surface area contributed by atoms with E-state index in [1.807, 2.05) is 12.1 Å². The number of aromatic nitrogens is 2. The molecule has 1 N–H and O–H groups in total. The van der Waals surface area contributed by atoms with E-state index in [0.29, 0.717) is 11.6 Å². The molecule has 0 saturated heterocycles. The fraction of sp³-hybridized carbons (Fsp3) is 0.0909. The van der Waals surface area contributed by atoms with E-state index in [2.05, 4.69) is 4.98 Å². The van der Waals surface area contributed by atoms with Crippen LogP contribution in [0.15, 0.2) is 36.8 Å². The normalized spacial score (nSPS) is 10.3. The zero-order chi connectivity index (χ0) is 11.5. The first-order valence-electron chi connectivity index (χ1n) is 4.64. The molecule has 5 heteroatoms. The van der Waals surface area contributed by atoms with Crippen LogP contribution >= 0.6 is 11.6 Å². The topological polar surface area (TPSA) is 55.1 Å². The van der Waals surface area contributed by atoms with Crippen molar-refractivity contribution in [3.8, 4) is 0 Å². The molecule has 2 rings (SSSR count). The number of hydrogen-bond acceptors (Lipinski definition) is 2. The highest BCUT2D eigenvalue weighted by Gasteiger charge is 2.09. The lowest BCUT2D eigenvalue weighted by Gasteiger charge is -2.05. The van der Waals surface area contributed by atoms with Crippen molar-refractivity contribution in [1.29, 1.82) is 0 Å². The van der Waals surface area contributed by atoms with Gasteiger partial charge in [0.05, 0.1) is 12.5 Å². The Morgan fingerprint density at radius 2 is 2.06 bits per heavy atom. The average Bonchev–Trinajstić information content (AvgIpc) is 2.69. The molecule has 0 spiro atoms. The summed E-state index contributed by atoms with van der Waals surface area (Å²) < 4.78 is 1.57. The van der Waals surface area contributed by atoms with E-state index in [9.17, 15) is 4.79 Å². The zero-order valence-corrected chi connectivity index (χ0v) is 9.05. The molecule has 0 fully saturated rings. The lowest BCUT2D eigenvalue weighted by Crippen LogP contribution is -2.08. The summed E-state index contributed by atoms with van der Waals surface area (Å²) >= 11 is 5.76. The molecule has 0 bridgehead atoms. The smallest absolute Gasteiger partial charge is 0.354 e. The van der Waals surface area contributed by atoms with Crippen molar-refractivity contribution in [2.45, 2.75) is 6.54 Å². The third kappa shape index (κ3) is 2.23.